The van der Waals surface area contributed by atoms with Gasteiger partial charge in [-0.2, -0.15) is 0 Å². The van der Waals surface area contributed by atoms with Gasteiger partial charge in [0, 0.05) is 38.5 Å². The summed E-state index contributed by atoms with van der Waals surface area (Å²) >= 11 is 0. The summed E-state index contributed by atoms with van der Waals surface area (Å²) in [7, 11) is 0. The van der Waals surface area contributed by atoms with Gasteiger partial charge >= 0.3 is 17.9 Å². The highest BCUT2D eigenvalue weighted by molar-refractivity contribution is 5.68. The number of ether oxygens (including phenoxy) is 11. The van der Waals surface area contributed by atoms with Crippen molar-refractivity contribution in [3.63, 3.8) is 0 Å². The van der Waals surface area contributed by atoms with Crippen molar-refractivity contribution in [1.29, 1.82) is 0 Å². The number of hydrogen-bond donors (Lipinski definition) is 7. The van der Waals surface area contributed by atoms with Gasteiger partial charge in [0.05, 0.1) is 44.2 Å². The van der Waals surface area contributed by atoms with Crippen LogP contribution in [0.5, 0.6) is 0 Å². The average molecular weight is 997 g/mol. The van der Waals surface area contributed by atoms with Gasteiger partial charge in [-0.15, -0.1) is 0 Å². The molecule has 7 N–H and O–H groups in total. The molecule has 1 spiro atoms. The van der Waals surface area contributed by atoms with Crippen molar-refractivity contribution in [2.24, 2.45) is 40.4 Å². The standard InChI is InChI=1S/C49H72O21/c1-19-16-62-49(43(59)35(19)56)20(2)34-32(70-49)15-29-27-10-9-25-13-26(53)14-33(48(25,8)28(27)11-12-47(29,34)7)67-45-41(39(31(55)18-61-45)68-44-37(58)36(57)30(54)17-60-44)69-46-42(66-24(6)52)40(65-23(5)51)38(21(3)63-46)64-22(4)50/h9,20-21,26-46,53-59H,1,10-18H2,2-8H3/t20-,21-,26+,27+,28-,29-,30+,31-,32-,33+,34-,35-,36-,37+,38-,39-,40+,41+,42+,43-,44-,45-,46-,47-,48-,49-/m0/s1. The number of carbonyl (C=O) groups excluding carboxylic acids is 3. The Morgan fingerprint density at radius 2 is 1.39 bits per heavy atom. The summed E-state index contributed by atoms with van der Waals surface area (Å²) in [4.78, 5) is 37.6. The highest BCUT2D eigenvalue weighted by Gasteiger charge is 2.72. The molecule has 0 amide bonds. The van der Waals surface area contributed by atoms with Crippen molar-refractivity contribution >= 4 is 17.9 Å². The Morgan fingerprint density at radius 1 is 0.743 bits per heavy atom. The molecule has 21 heteroatoms. The summed E-state index contributed by atoms with van der Waals surface area (Å²) in [5.41, 5.74) is 0.544. The molecule has 5 heterocycles. The highest BCUT2D eigenvalue weighted by Crippen LogP contribution is 2.71. The molecule has 0 aromatic rings. The fourth-order valence-corrected chi connectivity index (χ4v) is 14.5. The molecule has 5 saturated heterocycles. The fourth-order valence-electron chi connectivity index (χ4n) is 14.5. The first-order chi connectivity index (χ1) is 33.0. The maximum Gasteiger partial charge on any atom is 0.303 e. The molecule has 9 rings (SSSR count). The topological polar surface area (TPSA) is 294 Å². The molecule has 0 unspecified atom stereocenters. The molecule has 21 nitrogen and oxygen atoms in total. The minimum Gasteiger partial charge on any atom is -0.456 e. The van der Waals surface area contributed by atoms with Crippen molar-refractivity contribution in [1.82, 2.24) is 0 Å². The maximum absolute atomic E-state index is 12.7. The second-order valence-corrected chi connectivity index (χ2v) is 21.8. The molecule has 70 heavy (non-hydrogen) atoms. The Balaban J connectivity index is 1.03. The maximum atomic E-state index is 12.7. The predicted octanol–water partition coefficient (Wildman–Crippen LogP) is 0.0372. The summed E-state index contributed by atoms with van der Waals surface area (Å²) in [5.74, 6) is -3.53. The normalized spacial score (nSPS) is 52.1. The third-order valence-corrected chi connectivity index (χ3v) is 17.7. The van der Waals surface area contributed by atoms with Gasteiger partial charge < -0.3 is 87.9 Å². The molecule has 26 atom stereocenters. The van der Waals surface area contributed by atoms with E-state index in [1.807, 2.05) is 6.92 Å². The Kier molecular flexibility index (Phi) is 14.6. The van der Waals surface area contributed by atoms with E-state index in [-0.39, 0.29) is 54.1 Å². The number of esters is 3. The van der Waals surface area contributed by atoms with E-state index in [9.17, 15) is 50.1 Å². The van der Waals surface area contributed by atoms with Crippen LogP contribution in [0.15, 0.2) is 23.8 Å². The fraction of sp³-hybridized carbons (Fsp3) is 0.857. The number of aliphatic hydroxyl groups excluding tert-OH is 7. The monoisotopic (exact) mass is 996 g/mol. The Labute approximate surface area is 406 Å². The summed E-state index contributed by atoms with van der Waals surface area (Å²) in [6.45, 7) is 14.6. The zero-order valence-corrected chi connectivity index (χ0v) is 40.8. The van der Waals surface area contributed by atoms with Crippen molar-refractivity contribution < 1.29 is 102 Å². The molecule has 0 radical (unpaired) electrons. The van der Waals surface area contributed by atoms with Gasteiger partial charge in [0.2, 0.25) is 5.79 Å². The molecule has 4 aliphatic carbocycles. The van der Waals surface area contributed by atoms with Crippen LogP contribution in [0.1, 0.15) is 87.0 Å². The Hall–Kier alpha value is -2.71. The van der Waals surface area contributed by atoms with Gasteiger partial charge in [-0.05, 0) is 73.7 Å². The van der Waals surface area contributed by atoms with Gasteiger partial charge in [0.25, 0.3) is 0 Å². The molecule has 3 saturated carbocycles. The first kappa shape index (κ1) is 52.2. The minimum atomic E-state index is -1.78. The van der Waals surface area contributed by atoms with Crippen LogP contribution < -0.4 is 0 Å². The SMILES string of the molecule is C=C1CO[C@@]2(O[C@H]3C[C@H]4[C@@H]5CC=C6C[C@@H](O)C[C@@H](O[C@@H]7OC[C@H](O)[C@H](O[C@@H]8OC[C@@H](O)[C@H](O)[C@H]8O)[C@H]7O[C@@H]7O[C@@H](C)[C@H](OC(C)=O)[C@@H](OC(C)=O)[C@H]7OC(C)=O)[C@]6(C)[C@H]5CC[C@]4(C)[C@H]3[C@@H]2C)[C@@H](O)[C@H]1O. The zero-order chi connectivity index (χ0) is 50.5. The minimum absolute atomic E-state index is 0.0308. The van der Waals surface area contributed by atoms with Gasteiger partial charge in [-0.1, -0.05) is 39.0 Å². The third kappa shape index (κ3) is 8.78. The second-order valence-electron chi connectivity index (χ2n) is 21.8. The van der Waals surface area contributed by atoms with Crippen molar-refractivity contribution in [2.45, 2.75) is 203 Å². The van der Waals surface area contributed by atoms with E-state index in [4.69, 9.17) is 52.1 Å². The van der Waals surface area contributed by atoms with Gasteiger partial charge in [-0.25, -0.2) is 0 Å². The number of fused-ring (bicyclic) bond motifs is 7. The largest absolute Gasteiger partial charge is 0.456 e. The number of aliphatic hydroxyl groups is 7. The van der Waals surface area contributed by atoms with Crippen LogP contribution in [0.25, 0.3) is 0 Å². The molecule has 0 bridgehead atoms. The Morgan fingerprint density at radius 3 is 2.09 bits per heavy atom. The molecule has 8 fully saturated rings. The van der Waals surface area contributed by atoms with E-state index in [1.54, 1.807) is 0 Å². The van der Waals surface area contributed by atoms with Crippen LogP contribution in [0.4, 0.5) is 0 Å². The molecule has 9 aliphatic rings. The summed E-state index contributed by atoms with van der Waals surface area (Å²) < 4.78 is 68.1. The van der Waals surface area contributed by atoms with Gasteiger partial charge in [0.15, 0.2) is 37.2 Å². The number of carbonyl (C=O) groups is 3. The molecule has 0 aromatic heterocycles. The van der Waals surface area contributed by atoms with E-state index in [2.05, 4.69) is 26.5 Å². The van der Waals surface area contributed by atoms with E-state index < -0.39 is 147 Å². The predicted molar refractivity (Wildman–Crippen MR) is 235 cm³/mol. The van der Waals surface area contributed by atoms with Crippen LogP contribution in [0.2, 0.25) is 0 Å². The van der Waals surface area contributed by atoms with Crippen molar-refractivity contribution in [3.05, 3.63) is 23.8 Å². The van der Waals surface area contributed by atoms with Crippen LogP contribution in [-0.2, 0) is 66.5 Å². The first-order valence-electron chi connectivity index (χ1n) is 24.8. The van der Waals surface area contributed by atoms with E-state index in [0.29, 0.717) is 18.4 Å². The lowest BCUT2D eigenvalue weighted by atomic mass is 9.46. The Bertz CT molecular complexity index is 2020. The molecule has 394 valence electrons. The summed E-state index contributed by atoms with van der Waals surface area (Å²) in [6.07, 6.45) is -17.8. The van der Waals surface area contributed by atoms with Crippen LogP contribution in [0, 0.1) is 40.4 Å². The number of allylic oxidation sites excluding steroid dienone is 1. The smallest absolute Gasteiger partial charge is 0.303 e. The quantitative estimate of drug-likeness (QED) is 0.0912. The number of hydrogen-bond acceptors (Lipinski definition) is 21. The summed E-state index contributed by atoms with van der Waals surface area (Å²) in [5, 5.41) is 77.4. The van der Waals surface area contributed by atoms with Crippen molar-refractivity contribution in [2.75, 3.05) is 19.8 Å². The average Bonchev–Trinajstić information content (AvgIpc) is 3.75. The van der Waals surface area contributed by atoms with Crippen LogP contribution >= 0.6 is 0 Å². The van der Waals surface area contributed by atoms with E-state index >= 15 is 0 Å². The zero-order valence-electron chi connectivity index (χ0n) is 40.8. The molecule has 0 aromatic carbocycles. The number of rotatable bonds is 9. The summed E-state index contributed by atoms with van der Waals surface area (Å²) in [6, 6.07) is 0. The first-order valence-corrected chi connectivity index (χ1v) is 24.8. The van der Waals surface area contributed by atoms with Crippen molar-refractivity contribution in [3.8, 4) is 0 Å². The van der Waals surface area contributed by atoms with E-state index in [0.717, 1.165) is 45.6 Å². The molecular formula is C49H72O21. The lowest BCUT2D eigenvalue weighted by molar-refractivity contribution is -0.382. The van der Waals surface area contributed by atoms with Crippen LogP contribution in [-0.4, -0.2) is 190 Å². The second kappa shape index (κ2) is 19.5. The lowest BCUT2D eigenvalue weighted by Crippen LogP contribution is -2.66. The third-order valence-electron chi connectivity index (χ3n) is 17.7. The molecule has 5 aliphatic heterocycles. The molecular weight excluding hydrogens is 925 g/mol. The van der Waals surface area contributed by atoms with Gasteiger partial charge in [-0.3, -0.25) is 14.4 Å². The lowest BCUT2D eigenvalue weighted by Gasteiger charge is -2.60. The van der Waals surface area contributed by atoms with Crippen LogP contribution in [0.3, 0.4) is 0 Å². The highest BCUT2D eigenvalue weighted by atomic mass is 16.8. The van der Waals surface area contributed by atoms with Gasteiger partial charge in [0.1, 0.15) is 48.8 Å². The van der Waals surface area contributed by atoms with E-state index in [1.165, 1.54) is 6.92 Å².